The Kier molecular flexibility index (Phi) is 4.39. The average molecular weight is 312 g/mol. The molecule has 8 heteroatoms. The van der Waals surface area contributed by atoms with E-state index >= 15 is 0 Å². The number of anilines is 1. The Morgan fingerprint density at radius 1 is 1.35 bits per heavy atom. The van der Waals surface area contributed by atoms with Crippen LogP contribution in [0.4, 0.5) is 5.95 Å². The molecule has 1 aromatic heterocycles. The molecule has 0 saturated carbocycles. The van der Waals surface area contributed by atoms with Crippen LogP contribution in [0, 0.1) is 0 Å². The van der Waals surface area contributed by atoms with Crippen LogP contribution in [0.15, 0.2) is 35.6 Å². The summed E-state index contributed by atoms with van der Waals surface area (Å²) < 4.78 is 0. The summed E-state index contributed by atoms with van der Waals surface area (Å²) >= 11 is 11.8. The van der Waals surface area contributed by atoms with Gasteiger partial charge < -0.3 is 0 Å². The van der Waals surface area contributed by atoms with Crippen LogP contribution in [0.1, 0.15) is 0 Å². The van der Waals surface area contributed by atoms with E-state index in [4.69, 9.17) is 29.0 Å². The predicted octanol–water partition coefficient (Wildman–Crippen LogP) is 2.00. The van der Waals surface area contributed by atoms with Gasteiger partial charge in [-0.2, -0.15) is 9.97 Å². The topological polar surface area (TPSA) is 87.9 Å². The zero-order chi connectivity index (χ0) is 14.7. The van der Waals surface area contributed by atoms with Gasteiger partial charge in [-0.05, 0) is 18.2 Å². The van der Waals surface area contributed by atoms with Crippen molar-refractivity contribution in [2.24, 2.45) is 5.84 Å². The van der Waals surface area contributed by atoms with Gasteiger partial charge in [0.2, 0.25) is 5.95 Å². The van der Waals surface area contributed by atoms with Crippen molar-refractivity contribution in [2.75, 3.05) is 11.6 Å². The van der Waals surface area contributed by atoms with Gasteiger partial charge in [0.05, 0.1) is 16.6 Å². The number of aromatic nitrogens is 3. The van der Waals surface area contributed by atoms with Crippen molar-refractivity contribution in [3.8, 4) is 11.4 Å². The summed E-state index contributed by atoms with van der Waals surface area (Å²) in [5.41, 5.74) is 0.0442. The summed E-state index contributed by atoms with van der Waals surface area (Å²) in [6, 6.07) is 4.90. The number of nitrogens with two attached hydrogens (primary N) is 1. The van der Waals surface area contributed by atoms with Crippen LogP contribution < -0.4 is 16.5 Å². The summed E-state index contributed by atoms with van der Waals surface area (Å²) in [6.45, 7) is 3.87. The van der Waals surface area contributed by atoms with Crippen molar-refractivity contribution >= 4 is 29.2 Å². The molecule has 20 heavy (non-hydrogen) atoms. The van der Waals surface area contributed by atoms with Crippen molar-refractivity contribution < 1.29 is 0 Å². The third-order valence-corrected chi connectivity index (χ3v) is 3.15. The first kappa shape index (κ1) is 14.5. The van der Waals surface area contributed by atoms with Gasteiger partial charge >= 0.3 is 5.69 Å². The van der Waals surface area contributed by atoms with E-state index in [1.807, 2.05) is 0 Å². The number of aromatic amines is 1. The number of benzene rings is 1. The molecule has 3 N–H and O–H groups in total. The second kappa shape index (κ2) is 6.04. The molecule has 0 fully saturated rings. The van der Waals surface area contributed by atoms with Crippen molar-refractivity contribution in [3.63, 3.8) is 0 Å². The van der Waals surface area contributed by atoms with Gasteiger partial charge in [0.15, 0.2) is 0 Å². The third-order valence-electron chi connectivity index (χ3n) is 2.41. The van der Waals surface area contributed by atoms with E-state index in [9.17, 15) is 4.79 Å². The van der Waals surface area contributed by atoms with Crippen LogP contribution in [-0.2, 0) is 0 Å². The molecule has 1 heterocycles. The Morgan fingerprint density at radius 3 is 2.75 bits per heavy atom. The SMILES string of the molecule is C=CCN(N)c1nc(-c2ccc(Cl)c(Cl)c2)[nH]c(=O)n1. The van der Waals surface area contributed by atoms with Gasteiger partial charge in [0, 0.05) is 5.56 Å². The molecule has 0 atom stereocenters. The Labute approximate surface area is 124 Å². The second-order valence-corrected chi connectivity index (χ2v) is 4.69. The van der Waals surface area contributed by atoms with E-state index in [2.05, 4.69) is 21.5 Å². The van der Waals surface area contributed by atoms with E-state index in [0.717, 1.165) is 0 Å². The minimum absolute atomic E-state index is 0.0923. The number of halogens is 2. The maximum atomic E-state index is 11.6. The summed E-state index contributed by atoms with van der Waals surface area (Å²) in [4.78, 5) is 22.0. The lowest BCUT2D eigenvalue weighted by Crippen LogP contribution is -2.34. The highest BCUT2D eigenvalue weighted by molar-refractivity contribution is 6.42. The standard InChI is InChI=1S/C12H11Cl2N5O/c1-2-5-19(15)11-16-10(17-12(20)18-11)7-3-4-8(13)9(14)6-7/h2-4,6H,1,5,15H2,(H,16,17,18,20). The molecule has 0 radical (unpaired) electrons. The molecule has 0 amide bonds. The van der Waals surface area contributed by atoms with Gasteiger partial charge in [-0.3, -0.25) is 9.99 Å². The summed E-state index contributed by atoms with van der Waals surface area (Å²) in [5, 5.41) is 1.99. The zero-order valence-electron chi connectivity index (χ0n) is 10.3. The largest absolute Gasteiger partial charge is 0.349 e. The van der Waals surface area contributed by atoms with E-state index in [1.54, 1.807) is 24.3 Å². The fourth-order valence-electron chi connectivity index (χ4n) is 1.50. The molecular formula is C12H11Cl2N5O. The fourth-order valence-corrected chi connectivity index (χ4v) is 1.80. The maximum Gasteiger partial charge on any atom is 0.349 e. The first-order chi connectivity index (χ1) is 9.51. The van der Waals surface area contributed by atoms with Gasteiger partial charge in [-0.25, -0.2) is 10.6 Å². The van der Waals surface area contributed by atoms with Gasteiger partial charge in [-0.15, -0.1) is 6.58 Å². The fraction of sp³-hybridized carbons (Fsp3) is 0.0833. The van der Waals surface area contributed by atoms with Gasteiger partial charge in [-0.1, -0.05) is 29.3 Å². The second-order valence-electron chi connectivity index (χ2n) is 3.87. The van der Waals surface area contributed by atoms with Crippen LogP contribution >= 0.6 is 23.2 Å². The maximum absolute atomic E-state index is 11.6. The highest BCUT2D eigenvalue weighted by atomic mass is 35.5. The lowest BCUT2D eigenvalue weighted by atomic mass is 10.2. The molecule has 0 aliphatic heterocycles. The van der Waals surface area contributed by atoms with E-state index < -0.39 is 5.69 Å². The molecule has 0 spiro atoms. The van der Waals surface area contributed by atoms with Crippen molar-refractivity contribution in [3.05, 3.63) is 51.4 Å². The number of H-pyrrole nitrogens is 1. The van der Waals surface area contributed by atoms with Crippen LogP contribution in [0.3, 0.4) is 0 Å². The molecule has 1 aromatic carbocycles. The smallest absolute Gasteiger partial charge is 0.290 e. The molecule has 0 bridgehead atoms. The highest BCUT2D eigenvalue weighted by Gasteiger charge is 2.10. The Morgan fingerprint density at radius 2 is 2.10 bits per heavy atom. The number of hydrogen-bond acceptors (Lipinski definition) is 5. The summed E-state index contributed by atoms with van der Waals surface area (Å²) in [6.07, 6.45) is 1.57. The Bertz CT molecular complexity index is 700. The molecule has 0 aliphatic rings. The van der Waals surface area contributed by atoms with Gasteiger partial charge in [0.1, 0.15) is 5.82 Å². The van der Waals surface area contributed by atoms with E-state index in [-0.39, 0.29) is 5.95 Å². The number of rotatable bonds is 4. The molecule has 0 unspecified atom stereocenters. The lowest BCUT2D eigenvalue weighted by Gasteiger charge is -2.14. The number of nitrogens with zero attached hydrogens (tertiary/aromatic N) is 3. The van der Waals surface area contributed by atoms with Crippen molar-refractivity contribution in [1.29, 1.82) is 0 Å². The lowest BCUT2D eigenvalue weighted by molar-refractivity contribution is 0.847. The van der Waals surface area contributed by atoms with Gasteiger partial charge in [0.25, 0.3) is 0 Å². The minimum Gasteiger partial charge on any atom is -0.290 e. The molecule has 104 valence electrons. The predicted molar refractivity (Wildman–Crippen MR) is 79.8 cm³/mol. The average Bonchev–Trinajstić information content (AvgIpc) is 2.41. The summed E-state index contributed by atoms with van der Waals surface area (Å²) in [5.74, 6) is 6.11. The van der Waals surface area contributed by atoms with Crippen LogP contribution in [0.5, 0.6) is 0 Å². The Balaban J connectivity index is 2.48. The first-order valence-electron chi connectivity index (χ1n) is 5.58. The van der Waals surface area contributed by atoms with Crippen LogP contribution in [-0.4, -0.2) is 21.5 Å². The van der Waals surface area contributed by atoms with Crippen molar-refractivity contribution in [2.45, 2.75) is 0 Å². The van der Waals surface area contributed by atoms with Crippen LogP contribution in [0.25, 0.3) is 11.4 Å². The van der Waals surface area contributed by atoms with E-state index in [0.29, 0.717) is 28.0 Å². The number of nitrogens with one attached hydrogen (secondary N) is 1. The van der Waals surface area contributed by atoms with Crippen molar-refractivity contribution in [1.82, 2.24) is 15.0 Å². The minimum atomic E-state index is -0.560. The molecule has 2 rings (SSSR count). The first-order valence-corrected chi connectivity index (χ1v) is 6.34. The number of hydrogen-bond donors (Lipinski definition) is 2. The highest BCUT2D eigenvalue weighted by Crippen LogP contribution is 2.26. The van der Waals surface area contributed by atoms with Crippen LogP contribution in [0.2, 0.25) is 10.0 Å². The zero-order valence-corrected chi connectivity index (χ0v) is 11.8. The molecule has 2 aromatic rings. The number of hydrazine groups is 1. The summed E-state index contributed by atoms with van der Waals surface area (Å²) in [7, 11) is 0. The quantitative estimate of drug-likeness (QED) is 0.512. The normalized spacial score (nSPS) is 10.3. The molecule has 0 saturated heterocycles. The third kappa shape index (κ3) is 3.16. The molecule has 6 nitrogen and oxygen atoms in total. The Hall–Kier alpha value is -1.89. The van der Waals surface area contributed by atoms with E-state index in [1.165, 1.54) is 5.01 Å². The molecular weight excluding hydrogens is 301 g/mol. The monoisotopic (exact) mass is 311 g/mol. The molecule has 0 aliphatic carbocycles.